The summed E-state index contributed by atoms with van der Waals surface area (Å²) in [5, 5.41) is 3.16. The van der Waals surface area contributed by atoms with Crippen molar-refractivity contribution < 1.29 is 4.79 Å². The van der Waals surface area contributed by atoms with Crippen molar-refractivity contribution in [2.75, 3.05) is 19.6 Å². The molecule has 0 aliphatic carbocycles. The van der Waals surface area contributed by atoms with Crippen molar-refractivity contribution in [2.45, 2.75) is 38.6 Å². The predicted molar refractivity (Wildman–Crippen MR) is 102 cm³/mol. The molecule has 0 aromatic heterocycles. The number of hydrogen-bond acceptors (Lipinski definition) is 2. The Kier molecular flexibility index (Phi) is 6.24. The number of piperidine rings is 1. The third-order valence-electron chi connectivity index (χ3n) is 4.99. The zero-order chi connectivity index (χ0) is 17.5. The molecule has 0 bridgehead atoms. The zero-order valence-electron chi connectivity index (χ0n) is 15.1. The van der Waals surface area contributed by atoms with Gasteiger partial charge in [0.25, 0.3) is 0 Å². The van der Waals surface area contributed by atoms with Crippen molar-refractivity contribution in [3.05, 3.63) is 71.3 Å². The zero-order valence-corrected chi connectivity index (χ0v) is 15.1. The number of nitrogens with one attached hydrogen (secondary N) is 1. The summed E-state index contributed by atoms with van der Waals surface area (Å²) in [6, 6.07) is 18.9. The van der Waals surface area contributed by atoms with E-state index in [2.05, 4.69) is 41.4 Å². The SMILES string of the molecule is Cc1ccc(C(CNC(=O)Cc2ccccc2)N2CCCCC2)cc1. The molecule has 0 spiro atoms. The van der Waals surface area contributed by atoms with Crippen LogP contribution >= 0.6 is 0 Å². The Morgan fingerprint density at radius 2 is 1.68 bits per heavy atom. The maximum Gasteiger partial charge on any atom is 0.224 e. The summed E-state index contributed by atoms with van der Waals surface area (Å²) < 4.78 is 0. The van der Waals surface area contributed by atoms with Gasteiger partial charge in [0.1, 0.15) is 0 Å². The molecular formula is C22H28N2O. The molecule has 3 heteroatoms. The number of amides is 1. The molecule has 1 fully saturated rings. The van der Waals surface area contributed by atoms with Gasteiger partial charge in [-0.2, -0.15) is 0 Å². The van der Waals surface area contributed by atoms with Gasteiger partial charge in [-0.25, -0.2) is 0 Å². The van der Waals surface area contributed by atoms with Crippen LogP contribution in [0, 0.1) is 6.92 Å². The van der Waals surface area contributed by atoms with E-state index >= 15 is 0 Å². The predicted octanol–water partition coefficient (Wildman–Crippen LogP) is 3.88. The fourth-order valence-corrected chi connectivity index (χ4v) is 3.53. The van der Waals surface area contributed by atoms with E-state index in [1.807, 2.05) is 30.3 Å². The lowest BCUT2D eigenvalue weighted by atomic mass is 10.0. The fraction of sp³-hybridized carbons (Fsp3) is 0.409. The summed E-state index contributed by atoms with van der Waals surface area (Å²) in [6.07, 6.45) is 4.26. The largest absolute Gasteiger partial charge is 0.354 e. The minimum absolute atomic E-state index is 0.0975. The van der Waals surface area contributed by atoms with Crippen LogP contribution in [0.5, 0.6) is 0 Å². The van der Waals surface area contributed by atoms with Crippen LogP contribution in [0.25, 0.3) is 0 Å². The molecule has 25 heavy (non-hydrogen) atoms. The van der Waals surface area contributed by atoms with Gasteiger partial charge in [0.15, 0.2) is 0 Å². The molecule has 1 heterocycles. The minimum atomic E-state index is 0.0975. The van der Waals surface area contributed by atoms with E-state index in [0.717, 1.165) is 18.7 Å². The molecule has 1 unspecified atom stereocenters. The Labute approximate surface area is 151 Å². The van der Waals surface area contributed by atoms with Crippen LogP contribution in [-0.2, 0) is 11.2 Å². The Bertz CT molecular complexity index is 660. The lowest BCUT2D eigenvalue weighted by Crippen LogP contribution is -2.41. The van der Waals surface area contributed by atoms with Gasteiger partial charge in [-0.15, -0.1) is 0 Å². The number of aryl methyl sites for hydroxylation is 1. The summed E-state index contributed by atoms with van der Waals surface area (Å²) in [4.78, 5) is 14.9. The quantitative estimate of drug-likeness (QED) is 0.868. The number of carbonyl (C=O) groups is 1. The van der Waals surface area contributed by atoms with Crippen LogP contribution in [0.3, 0.4) is 0 Å². The van der Waals surface area contributed by atoms with E-state index in [9.17, 15) is 4.79 Å². The first kappa shape index (κ1) is 17.7. The number of likely N-dealkylation sites (tertiary alicyclic amines) is 1. The second-order valence-electron chi connectivity index (χ2n) is 6.99. The van der Waals surface area contributed by atoms with E-state index in [4.69, 9.17) is 0 Å². The number of nitrogens with zero attached hydrogens (tertiary/aromatic N) is 1. The van der Waals surface area contributed by atoms with Crippen LogP contribution in [0.4, 0.5) is 0 Å². The van der Waals surface area contributed by atoms with Gasteiger partial charge in [0, 0.05) is 6.54 Å². The second-order valence-corrected chi connectivity index (χ2v) is 6.99. The molecule has 1 atom stereocenters. The highest BCUT2D eigenvalue weighted by Gasteiger charge is 2.22. The molecular weight excluding hydrogens is 308 g/mol. The lowest BCUT2D eigenvalue weighted by Gasteiger charge is -2.35. The maximum atomic E-state index is 12.4. The van der Waals surface area contributed by atoms with Crippen molar-refractivity contribution in [2.24, 2.45) is 0 Å². The molecule has 1 amide bonds. The van der Waals surface area contributed by atoms with Crippen LogP contribution in [0.1, 0.15) is 42.0 Å². The van der Waals surface area contributed by atoms with Crippen LogP contribution in [-0.4, -0.2) is 30.4 Å². The molecule has 1 aliphatic rings. The smallest absolute Gasteiger partial charge is 0.224 e. The average molecular weight is 336 g/mol. The first-order valence-electron chi connectivity index (χ1n) is 9.33. The monoisotopic (exact) mass is 336 g/mol. The second kappa shape index (κ2) is 8.82. The summed E-state index contributed by atoms with van der Waals surface area (Å²) in [7, 11) is 0. The van der Waals surface area contributed by atoms with Gasteiger partial charge in [0.05, 0.1) is 12.5 Å². The Morgan fingerprint density at radius 1 is 1.00 bits per heavy atom. The Balaban J connectivity index is 1.64. The number of hydrogen-bond donors (Lipinski definition) is 1. The van der Waals surface area contributed by atoms with Crippen LogP contribution in [0.2, 0.25) is 0 Å². The topological polar surface area (TPSA) is 32.3 Å². The third kappa shape index (κ3) is 5.17. The summed E-state index contributed by atoms with van der Waals surface area (Å²) in [5.74, 6) is 0.0975. The summed E-state index contributed by atoms with van der Waals surface area (Å²) in [6.45, 7) is 5.02. The van der Waals surface area contributed by atoms with Crippen LogP contribution < -0.4 is 5.32 Å². The Hall–Kier alpha value is -2.13. The van der Waals surface area contributed by atoms with Gasteiger partial charge < -0.3 is 5.32 Å². The van der Waals surface area contributed by atoms with E-state index in [0.29, 0.717) is 13.0 Å². The van der Waals surface area contributed by atoms with Gasteiger partial charge in [0.2, 0.25) is 5.91 Å². The van der Waals surface area contributed by atoms with E-state index in [-0.39, 0.29) is 11.9 Å². The molecule has 2 aromatic rings. The molecule has 132 valence electrons. The van der Waals surface area contributed by atoms with E-state index < -0.39 is 0 Å². The molecule has 1 saturated heterocycles. The van der Waals surface area contributed by atoms with Crippen molar-refractivity contribution >= 4 is 5.91 Å². The Morgan fingerprint density at radius 3 is 2.36 bits per heavy atom. The van der Waals surface area contributed by atoms with Crippen molar-refractivity contribution in [3.8, 4) is 0 Å². The van der Waals surface area contributed by atoms with Gasteiger partial charge in [-0.05, 0) is 44.0 Å². The highest BCUT2D eigenvalue weighted by Crippen LogP contribution is 2.24. The van der Waals surface area contributed by atoms with Crippen LogP contribution in [0.15, 0.2) is 54.6 Å². The van der Waals surface area contributed by atoms with E-state index in [1.54, 1.807) is 0 Å². The summed E-state index contributed by atoms with van der Waals surface area (Å²) in [5.41, 5.74) is 3.63. The number of carbonyl (C=O) groups excluding carboxylic acids is 1. The van der Waals surface area contributed by atoms with Crippen molar-refractivity contribution in [1.82, 2.24) is 10.2 Å². The molecule has 1 N–H and O–H groups in total. The molecule has 3 rings (SSSR count). The molecule has 0 saturated carbocycles. The third-order valence-corrected chi connectivity index (χ3v) is 4.99. The van der Waals surface area contributed by atoms with Gasteiger partial charge >= 0.3 is 0 Å². The number of benzene rings is 2. The fourth-order valence-electron chi connectivity index (χ4n) is 3.53. The molecule has 3 nitrogen and oxygen atoms in total. The first-order chi connectivity index (χ1) is 12.2. The van der Waals surface area contributed by atoms with Gasteiger partial charge in [-0.1, -0.05) is 66.6 Å². The number of rotatable bonds is 6. The maximum absolute atomic E-state index is 12.4. The standard InChI is InChI=1S/C22H28N2O/c1-18-10-12-20(13-11-18)21(24-14-6-3-7-15-24)17-23-22(25)16-19-8-4-2-5-9-19/h2,4-5,8-13,21H,3,6-7,14-17H2,1H3,(H,23,25). The molecule has 0 radical (unpaired) electrons. The van der Waals surface area contributed by atoms with E-state index in [1.165, 1.54) is 30.4 Å². The highest BCUT2D eigenvalue weighted by molar-refractivity contribution is 5.78. The van der Waals surface area contributed by atoms with Crippen molar-refractivity contribution in [3.63, 3.8) is 0 Å². The van der Waals surface area contributed by atoms with Crippen molar-refractivity contribution in [1.29, 1.82) is 0 Å². The molecule has 2 aromatic carbocycles. The minimum Gasteiger partial charge on any atom is -0.354 e. The van der Waals surface area contributed by atoms with Gasteiger partial charge in [-0.3, -0.25) is 9.69 Å². The average Bonchev–Trinajstić information content (AvgIpc) is 2.65. The normalized spacial score (nSPS) is 16.4. The summed E-state index contributed by atoms with van der Waals surface area (Å²) >= 11 is 0. The highest BCUT2D eigenvalue weighted by atomic mass is 16.1. The molecule has 1 aliphatic heterocycles. The first-order valence-corrected chi connectivity index (χ1v) is 9.33. The lowest BCUT2D eigenvalue weighted by molar-refractivity contribution is -0.120.